The van der Waals surface area contributed by atoms with Crippen LogP contribution in [-0.4, -0.2) is 249 Å². The van der Waals surface area contributed by atoms with Crippen molar-refractivity contribution < 1.29 is 102 Å². The van der Waals surface area contributed by atoms with Crippen LogP contribution in [0, 0.1) is 17.2 Å². The number of hydrogen-bond donors (Lipinski definition) is 27. The molecule has 0 spiro atoms. The van der Waals surface area contributed by atoms with E-state index in [-0.39, 0.29) is 120 Å². The quantitative estimate of drug-likeness (QED) is 0.00998. The molecule has 0 unspecified atom stereocenters. The average molecular weight is 1860 g/mol. The Labute approximate surface area is 769 Å². The molecule has 1 aromatic heterocycles. The van der Waals surface area contributed by atoms with Crippen LogP contribution >= 0.6 is 0 Å². The number of carbonyl (C=O) groups excluding carboxylic acids is 16. The zero-order chi connectivity index (χ0) is 98.7. The molecule has 5 rings (SSSR count). The van der Waals surface area contributed by atoms with Crippen molar-refractivity contribution in [3.8, 4) is 11.5 Å². The van der Waals surface area contributed by atoms with Gasteiger partial charge in [0.25, 0.3) is 0 Å². The Morgan fingerprint density at radius 1 is 0.398 bits per heavy atom. The van der Waals surface area contributed by atoms with Gasteiger partial charge in [0.05, 0.1) is 19.1 Å². The molecular weight excluding hydrogens is 1730 g/mol. The largest absolute Gasteiger partial charge is 0.508 e. The van der Waals surface area contributed by atoms with E-state index < -0.39 is 216 Å². The van der Waals surface area contributed by atoms with Crippen LogP contribution in [0.25, 0.3) is 10.9 Å². The number of fused-ring (bicyclic) bond motifs is 1. The van der Waals surface area contributed by atoms with Crippen LogP contribution in [0.3, 0.4) is 0 Å². The number of unbranched alkanes of at least 4 members (excludes halogenated alkanes) is 2. The molecular formula is C89H131N23O21. The number of aliphatic hydroxyl groups excluding tert-OH is 1. The number of para-hydroxylation sites is 1. The minimum atomic E-state index is -1.81. The van der Waals surface area contributed by atoms with Gasteiger partial charge < -0.3 is 140 Å². The Hall–Kier alpha value is -13.9. The predicted octanol–water partition coefficient (Wildman–Crippen LogP) is -4.14. The Morgan fingerprint density at radius 3 is 1.28 bits per heavy atom. The van der Waals surface area contributed by atoms with Crippen LogP contribution in [0.5, 0.6) is 11.5 Å². The molecule has 133 heavy (non-hydrogen) atoms. The van der Waals surface area contributed by atoms with E-state index in [1.54, 1.807) is 88.5 Å². The fourth-order valence-corrected chi connectivity index (χ4v) is 13.9. The summed E-state index contributed by atoms with van der Waals surface area (Å²) in [5.41, 5.74) is 36.3. The molecule has 0 aliphatic carbocycles. The number of rotatable bonds is 59. The number of H-pyrrole nitrogens is 1. The van der Waals surface area contributed by atoms with Gasteiger partial charge in [0, 0.05) is 55.7 Å². The van der Waals surface area contributed by atoms with Gasteiger partial charge in [0.15, 0.2) is 5.96 Å². The molecule has 33 N–H and O–H groups in total. The maximum absolute atomic E-state index is 15.3. The third-order valence-corrected chi connectivity index (χ3v) is 21.7. The molecule has 0 bridgehead atoms. The lowest BCUT2D eigenvalue weighted by molar-refractivity contribution is -0.143. The zero-order valence-corrected chi connectivity index (χ0v) is 75.7. The van der Waals surface area contributed by atoms with E-state index in [4.69, 9.17) is 39.8 Å². The Kier molecular flexibility index (Phi) is 46.2. The number of aliphatic carboxylic acids is 1. The fourth-order valence-electron chi connectivity index (χ4n) is 13.9. The lowest BCUT2D eigenvalue weighted by atomic mass is 9.96. The zero-order valence-electron chi connectivity index (χ0n) is 75.7. The number of amides is 16. The van der Waals surface area contributed by atoms with Gasteiger partial charge in [-0.05, 0) is 162 Å². The summed E-state index contributed by atoms with van der Waals surface area (Å²) in [6.07, 6.45) is 0.756. The van der Waals surface area contributed by atoms with Gasteiger partial charge in [-0.1, -0.05) is 107 Å². The summed E-state index contributed by atoms with van der Waals surface area (Å²) >= 11 is 0. The molecule has 0 aliphatic rings. The second kappa shape index (κ2) is 56.0. The number of primary amides is 2. The predicted molar refractivity (Wildman–Crippen MR) is 489 cm³/mol. The van der Waals surface area contributed by atoms with Crippen LogP contribution in [0.15, 0.2) is 109 Å². The third-order valence-electron chi connectivity index (χ3n) is 21.7. The van der Waals surface area contributed by atoms with Crippen molar-refractivity contribution >= 4 is 117 Å². The number of hydrogen-bond acceptors (Lipinski definition) is 24. The number of aromatic hydroxyl groups is 2. The van der Waals surface area contributed by atoms with E-state index in [1.807, 2.05) is 0 Å². The van der Waals surface area contributed by atoms with Gasteiger partial charge in [0.2, 0.25) is 94.5 Å². The molecule has 0 radical (unpaired) electrons. The van der Waals surface area contributed by atoms with Gasteiger partial charge in [-0.25, -0.2) is 4.79 Å². The highest BCUT2D eigenvalue weighted by molar-refractivity contribution is 6.02. The van der Waals surface area contributed by atoms with Crippen LogP contribution in [0.1, 0.15) is 154 Å². The number of carboxylic acid groups (broad SMARTS) is 1. The van der Waals surface area contributed by atoms with Crippen LogP contribution in [0.4, 0.5) is 0 Å². The first-order chi connectivity index (χ1) is 63.0. The van der Waals surface area contributed by atoms with Gasteiger partial charge in [-0.15, -0.1) is 0 Å². The summed E-state index contributed by atoms with van der Waals surface area (Å²) in [6.45, 7) is 10.1. The van der Waals surface area contributed by atoms with Gasteiger partial charge >= 0.3 is 5.97 Å². The number of phenolic OH excluding ortho intramolecular Hbond substituents is 2. The normalized spacial score (nSPS) is 14.8. The first-order valence-electron chi connectivity index (χ1n) is 44.1. The highest BCUT2D eigenvalue weighted by atomic mass is 16.4. The van der Waals surface area contributed by atoms with Crippen molar-refractivity contribution in [2.45, 2.75) is 248 Å². The Morgan fingerprint density at radius 2 is 0.789 bits per heavy atom. The number of nitrogens with one attached hydrogen (secondary N) is 17. The second-order valence-electron chi connectivity index (χ2n) is 33.2. The minimum Gasteiger partial charge on any atom is -0.508 e. The average Bonchev–Trinajstić information content (AvgIpc) is 1.69. The lowest BCUT2D eigenvalue weighted by Crippen LogP contribution is -2.61. The maximum atomic E-state index is 15.3. The molecule has 0 aliphatic heterocycles. The number of nitrogens with two attached hydrogens (primary N) is 6. The molecule has 5 aromatic rings. The number of phenols is 2. The van der Waals surface area contributed by atoms with Crippen molar-refractivity contribution in [1.82, 2.24) is 84.7 Å². The highest BCUT2D eigenvalue weighted by Gasteiger charge is 2.39. The SMILES string of the molecule is CC[C@H](C)[C@H](NC(=O)[C@H](Cc1c[nH]c2ccccc12)NC(=O)[C@H](Cc1ccccc1)NC(=O)[C@H](Cc1ccc(O)cc1)NC(=O)[C@H](CCC(N)=O)NC(=O)[C@@H](N)CCCNC(=N)N)C(=O)N[C@@H](C)C(=O)N[C@@H](C)C(=O)N[C@@H](Cc1ccc(O)cc1)C(=O)N[C@@H](CCCCN)C(=O)N[C@@H](CC(C)C)C(=O)N[C@@H](C)C(=O)N[C@@H](CC(N)=O)C(=O)N[C@@H](CO)C(=O)N[C@@H](CCCCN)C(=O)O. The molecule has 728 valence electrons. The van der Waals surface area contributed by atoms with Crippen LogP contribution in [-0.2, 0) is 107 Å². The monoisotopic (exact) mass is 1860 g/mol. The summed E-state index contributed by atoms with van der Waals surface area (Å²) in [5, 5.41) is 86.5. The van der Waals surface area contributed by atoms with E-state index >= 15 is 14.4 Å². The molecule has 0 saturated carbocycles. The van der Waals surface area contributed by atoms with Crippen molar-refractivity contribution in [3.05, 3.63) is 132 Å². The molecule has 44 nitrogen and oxygen atoms in total. The maximum Gasteiger partial charge on any atom is 0.326 e. The van der Waals surface area contributed by atoms with E-state index in [2.05, 4.69) is 84.7 Å². The van der Waals surface area contributed by atoms with Crippen LogP contribution in [0.2, 0.25) is 0 Å². The summed E-state index contributed by atoms with van der Waals surface area (Å²) in [5.74, 6) is -18.4. The van der Waals surface area contributed by atoms with Crippen molar-refractivity contribution in [3.63, 3.8) is 0 Å². The molecule has 0 saturated heterocycles. The second-order valence-corrected chi connectivity index (χ2v) is 33.2. The van der Waals surface area contributed by atoms with Crippen molar-refractivity contribution in [1.29, 1.82) is 5.41 Å². The number of benzene rings is 4. The van der Waals surface area contributed by atoms with Crippen LogP contribution < -0.4 is 114 Å². The van der Waals surface area contributed by atoms with Crippen molar-refractivity contribution in [2.75, 3.05) is 26.2 Å². The Bertz CT molecular complexity index is 4770. The third kappa shape index (κ3) is 38.2. The number of aromatic amines is 1. The first-order valence-corrected chi connectivity index (χ1v) is 44.1. The number of aliphatic hydroxyl groups is 1. The molecule has 0 fully saturated rings. The standard InChI is InChI=1S/C89H131N23O21/c1-8-48(4)73(112-85(129)68(43-55-45-98-60-23-13-12-21-58(55)60)110-83(127)66(40-52-19-10-9-11-20-52)109-82(126)67(42-54-28-32-57(115)33-29-54)108-79(123)62(34-35-71(93)116)102-77(121)59(92)22-18-38-97-89(95)96)87(131)101-49(5)74(118)99-50(6)75(119)105-65(41-53-26-30-56(114)31-27-53)81(125)103-61(24-14-16-36-90)78(122)107-64(39-47(2)3)80(124)100-51(7)76(120)106-69(44-72(94)117)84(128)111-70(46-113)86(130)104-63(88(132)133)25-15-17-37-91/h9-13,19-21,23,26-33,45,47-51,59,61-70,73,98,113-115H,8,14-18,22,24-25,34-44,46,90-92H2,1-7H3,(H2,93,116)(H2,94,117)(H,99,118)(H,100,124)(H,101,131)(H,102,121)(H,103,125)(H,104,130)(H,105,119)(H,106,120)(H,107,122)(H,108,123)(H,109,126)(H,110,127)(H,111,128)(H,112,129)(H,132,133)(H4,95,96,97)/t48-,49-,50-,51-,59-,61-,62-,63-,64-,65-,66-,67-,68-,69-,70-,73-/m0/s1. The number of guanidine groups is 1. The van der Waals surface area contributed by atoms with Gasteiger partial charge in [-0.3, -0.25) is 82.1 Å². The number of carbonyl (C=O) groups is 17. The molecule has 4 aromatic carbocycles. The summed E-state index contributed by atoms with van der Waals surface area (Å²) in [7, 11) is 0. The Balaban J connectivity index is 1.37. The lowest BCUT2D eigenvalue weighted by Gasteiger charge is -2.29. The van der Waals surface area contributed by atoms with E-state index in [9.17, 15) is 87.5 Å². The summed E-state index contributed by atoms with van der Waals surface area (Å²) in [6, 6.07) is 4.00. The number of carboxylic acids is 1. The summed E-state index contributed by atoms with van der Waals surface area (Å²) in [4.78, 5) is 240. The fraction of sp³-hybridized carbons (Fsp3) is 0.506. The smallest absolute Gasteiger partial charge is 0.326 e. The summed E-state index contributed by atoms with van der Waals surface area (Å²) < 4.78 is 0. The number of aromatic nitrogens is 1. The van der Waals surface area contributed by atoms with Gasteiger partial charge in [-0.2, -0.15) is 0 Å². The molecule has 1 heterocycles. The van der Waals surface area contributed by atoms with E-state index in [0.29, 0.717) is 52.4 Å². The molecule has 44 heteroatoms. The highest BCUT2D eigenvalue weighted by Crippen LogP contribution is 2.22. The molecule has 16 atom stereocenters. The minimum absolute atomic E-state index is 0.0403. The topological polar surface area (TPSA) is 747 Å². The first kappa shape index (κ1) is 110. The molecule has 16 amide bonds. The van der Waals surface area contributed by atoms with Crippen molar-refractivity contribution in [2.24, 2.45) is 46.2 Å². The van der Waals surface area contributed by atoms with E-state index in [1.165, 1.54) is 69.3 Å². The van der Waals surface area contributed by atoms with Gasteiger partial charge in [0.1, 0.15) is 96.1 Å². The van der Waals surface area contributed by atoms with E-state index in [0.717, 1.165) is 0 Å².